The zero-order valence-electron chi connectivity index (χ0n) is 26.4. The zero-order valence-corrected chi connectivity index (χ0v) is 26.4. The molecule has 0 spiro atoms. The van der Waals surface area contributed by atoms with E-state index in [0.717, 1.165) is 41.2 Å². The topological polar surface area (TPSA) is 128 Å². The third-order valence-electron chi connectivity index (χ3n) is 8.36. The van der Waals surface area contributed by atoms with Gasteiger partial charge in [0.2, 0.25) is 5.95 Å². The Balaban J connectivity index is 0.000000183. The molecule has 1 atom stereocenters. The highest BCUT2D eigenvalue weighted by molar-refractivity contribution is 5.99. The molecular weight excluding hydrogens is 554 g/mol. The number of amides is 1. The summed E-state index contributed by atoms with van der Waals surface area (Å²) in [7, 11) is 1.84. The number of carbonyl (C=O) groups excluding carboxylic acids is 1. The van der Waals surface area contributed by atoms with Crippen molar-refractivity contribution in [2.24, 2.45) is 0 Å². The van der Waals surface area contributed by atoms with E-state index in [1.54, 1.807) is 12.1 Å². The molecular formula is C33H47N9O2. The summed E-state index contributed by atoms with van der Waals surface area (Å²) in [6.07, 6.45) is 16.5. The summed E-state index contributed by atoms with van der Waals surface area (Å²) >= 11 is 0. The number of rotatable bonds is 6. The predicted molar refractivity (Wildman–Crippen MR) is 176 cm³/mol. The molecule has 2 fully saturated rings. The van der Waals surface area contributed by atoms with Gasteiger partial charge in [-0.05, 0) is 62.9 Å². The highest BCUT2D eigenvalue weighted by atomic mass is 16.5. The van der Waals surface area contributed by atoms with Gasteiger partial charge in [0.1, 0.15) is 12.0 Å². The predicted octanol–water partition coefficient (Wildman–Crippen LogP) is 6.03. The molecule has 7 rings (SSSR count). The molecule has 2 aliphatic heterocycles. The number of benzene rings is 1. The quantitative estimate of drug-likeness (QED) is 0.229. The summed E-state index contributed by atoms with van der Waals surface area (Å²) < 4.78 is 9.48. The number of nitrogens with one attached hydrogen (secondary N) is 2. The van der Waals surface area contributed by atoms with E-state index in [1.807, 2.05) is 54.6 Å². The number of piperidine rings is 1. The summed E-state index contributed by atoms with van der Waals surface area (Å²) in [5, 5.41) is 14.9. The van der Waals surface area contributed by atoms with Crippen LogP contribution in [-0.4, -0.2) is 57.0 Å². The fourth-order valence-electron chi connectivity index (χ4n) is 5.96. The maximum absolute atomic E-state index is 11.1. The number of hydrogen-bond donors (Lipinski definition) is 3. The Hall–Kier alpha value is -4.12. The number of nitrogens with zero attached hydrogens (tertiary/aromatic N) is 6. The van der Waals surface area contributed by atoms with Gasteiger partial charge >= 0.3 is 0 Å². The molecule has 1 saturated carbocycles. The van der Waals surface area contributed by atoms with Gasteiger partial charge in [-0.25, -0.2) is 4.68 Å². The van der Waals surface area contributed by atoms with Gasteiger partial charge < -0.3 is 26.0 Å². The zero-order chi connectivity index (χ0) is 30.9. The Bertz CT molecular complexity index is 1510. The maximum atomic E-state index is 11.1. The van der Waals surface area contributed by atoms with Crippen molar-refractivity contribution in [3.8, 4) is 11.1 Å². The molecule has 3 aromatic heterocycles. The summed E-state index contributed by atoms with van der Waals surface area (Å²) in [4.78, 5) is 18.0. The minimum Gasteiger partial charge on any atom is -0.399 e. The van der Waals surface area contributed by atoms with Crippen LogP contribution in [0.4, 0.5) is 17.5 Å². The van der Waals surface area contributed by atoms with E-state index in [2.05, 4.69) is 36.8 Å². The van der Waals surface area contributed by atoms with Crippen LogP contribution in [0.5, 0.6) is 0 Å². The first-order chi connectivity index (χ1) is 21.5. The van der Waals surface area contributed by atoms with Crippen LogP contribution < -0.4 is 21.3 Å². The smallest absolute Gasteiger partial charge is 0.251 e. The summed E-state index contributed by atoms with van der Waals surface area (Å²) in [6, 6.07) is 9.53. The minimum atomic E-state index is -0.0896. The second-order valence-corrected chi connectivity index (χ2v) is 11.6. The Morgan fingerprint density at radius 2 is 1.70 bits per heavy atom. The molecule has 4 N–H and O–H groups in total. The van der Waals surface area contributed by atoms with Gasteiger partial charge in [-0.15, -0.1) is 5.10 Å². The van der Waals surface area contributed by atoms with Gasteiger partial charge in [-0.2, -0.15) is 14.6 Å². The van der Waals surface area contributed by atoms with Crippen molar-refractivity contribution < 1.29 is 9.53 Å². The lowest BCUT2D eigenvalue weighted by Crippen LogP contribution is -2.31. The van der Waals surface area contributed by atoms with Crippen molar-refractivity contribution in [2.45, 2.75) is 84.4 Å². The first-order valence-electron chi connectivity index (χ1n) is 16.1. The third kappa shape index (κ3) is 7.50. The lowest BCUT2D eigenvalue weighted by atomic mass is 10.0. The molecule has 1 amide bonds. The molecule has 0 radical (unpaired) electrons. The van der Waals surface area contributed by atoms with Crippen LogP contribution in [0.2, 0.25) is 0 Å². The number of nitrogen functional groups attached to an aromatic ring is 1. The lowest BCUT2D eigenvalue weighted by molar-refractivity contribution is 0.0160. The van der Waals surface area contributed by atoms with Crippen LogP contribution in [0, 0.1) is 0 Å². The minimum absolute atomic E-state index is 0.0210. The lowest BCUT2D eigenvalue weighted by Gasteiger charge is -2.30. The standard InChI is InChI=1S/C19H27N7O.C8H8N2O.C6H12/c1-4-27-14(2)25-13-15(12-21-25)16-8-9-17-22-19(20-3)23-26(17)18(16)24-10-6-5-7-11-24;9-6-2-1-5-4-10-8(11)7(5)3-6;1-2-4-6-5-3-1/h8-9,12-14H,4-7,10-11H2,1-3H3,(H,20,23);1-3H,4,9H2,(H,10,11);1-6H2. The highest BCUT2D eigenvalue weighted by Crippen LogP contribution is 2.33. The van der Waals surface area contributed by atoms with E-state index in [-0.39, 0.29) is 12.1 Å². The van der Waals surface area contributed by atoms with Crippen molar-refractivity contribution in [3.05, 3.63) is 53.9 Å². The number of pyridine rings is 1. The van der Waals surface area contributed by atoms with Crippen LogP contribution in [0.15, 0.2) is 42.7 Å². The van der Waals surface area contributed by atoms with Gasteiger partial charge in [0, 0.05) is 61.9 Å². The number of nitrogens with two attached hydrogens (primary N) is 1. The largest absolute Gasteiger partial charge is 0.399 e. The molecule has 11 heteroatoms. The normalized spacial score (nSPS) is 16.7. The first-order valence-corrected chi connectivity index (χ1v) is 16.1. The molecule has 4 aromatic rings. The second kappa shape index (κ2) is 15.1. The summed E-state index contributed by atoms with van der Waals surface area (Å²) in [5.74, 6) is 1.70. The fraction of sp³-hybridized carbons (Fsp3) is 0.515. The van der Waals surface area contributed by atoms with Crippen molar-refractivity contribution >= 4 is 29.0 Å². The van der Waals surface area contributed by atoms with Crippen LogP contribution in [0.25, 0.3) is 16.8 Å². The third-order valence-corrected chi connectivity index (χ3v) is 8.36. The monoisotopic (exact) mass is 601 g/mol. The fourth-order valence-corrected chi connectivity index (χ4v) is 5.96. The molecule has 236 valence electrons. The molecule has 44 heavy (non-hydrogen) atoms. The number of ether oxygens (including phenoxy) is 1. The first kappa shape index (κ1) is 31.3. The Labute approximate surface area is 260 Å². The van der Waals surface area contributed by atoms with Gasteiger partial charge in [0.25, 0.3) is 5.91 Å². The SMILES string of the molecule is C1CCCCC1.CCOC(C)n1cc(-c2ccc3nc(NC)nn3c2N2CCCCC2)cn1.Nc1ccc2c(c1)C(=O)NC2. The molecule has 11 nitrogen and oxygen atoms in total. The molecule has 5 heterocycles. The van der Waals surface area contributed by atoms with E-state index in [9.17, 15) is 4.79 Å². The molecule has 0 bridgehead atoms. The van der Waals surface area contributed by atoms with Crippen LogP contribution >= 0.6 is 0 Å². The maximum Gasteiger partial charge on any atom is 0.251 e. The van der Waals surface area contributed by atoms with Gasteiger partial charge in [-0.1, -0.05) is 44.6 Å². The number of anilines is 3. The van der Waals surface area contributed by atoms with E-state index < -0.39 is 0 Å². The van der Waals surface area contributed by atoms with E-state index >= 15 is 0 Å². The van der Waals surface area contributed by atoms with Crippen molar-refractivity contribution in [1.29, 1.82) is 0 Å². The number of hydrogen-bond acceptors (Lipinski definition) is 8. The van der Waals surface area contributed by atoms with Gasteiger partial charge in [0.15, 0.2) is 5.65 Å². The average Bonchev–Trinajstić information content (AvgIpc) is 3.81. The summed E-state index contributed by atoms with van der Waals surface area (Å²) in [6.45, 7) is 7.36. The van der Waals surface area contributed by atoms with E-state index in [1.165, 1.54) is 57.8 Å². The second-order valence-electron chi connectivity index (χ2n) is 11.6. The summed E-state index contributed by atoms with van der Waals surface area (Å²) in [5.41, 5.74) is 10.9. The Kier molecular flexibility index (Phi) is 10.7. The number of aromatic nitrogens is 5. The molecule has 1 aromatic carbocycles. The average molecular weight is 602 g/mol. The van der Waals surface area contributed by atoms with Crippen LogP contribution in [-0.2, 0) is 11.3 Å². The highest BCUT2D eigenvalue weighted by Gasteiger charge is 2.22. The van der Waals surface area contributed by atoms with Gasteiger partial charge in [-0.3, -0.25) is 4.79 Å². The Morgan fingerprint density at radius 3 is 2.39 bits per heavy atom. The molecule has 3 aliphatic rings. The van der Waals surface area contributed by atoms with Crippen molar-refractivity contribution in [1.82, 2.24) is 29.7 Å². The van der Waals surface area contributed by atoms with Crippen LogP contribution in [0.3, 0.4) is 0 Å². The molecule has 1 saturated heterocycles. The van der Waals surface area contributed by atoms with E-state index in [0.29, 0.717) is 30.4 Å². The van der Waals surface area contributed by atoms with E-state index in [4.69, 9.17) is 10.5 Å². The number of fused-ring (bicyclic) bond motifs is 2. The number of carbonyl (C=O) groups is 1. The van der Waals surface area contributed by atoms with Crippen molar-refractivity contribution in [2.75, 3.05) is 42.7 Å². The Morgan fingerprint density at radius 1 is 1.00 bits per heavy atom. The van der Waals surface area contributed by atoms with Gasteiger partial charge in [0.05, 0.1) is 6.20 Å². The molecule has 1 unspecified atom stereocenters. The van der Waals surface area contributed by atoms with Crippen molar-refractivity contribution in [3.63, 3.8) is 0 Å². The molecule has 1 aliphatic carbocycles. The van der Waals surface area contributed by atoms with Crippen LogP contribution in [0.1, 0.15) is 93.8 Å².